The molecule has 166 valence electrons. The van der Waals surface area contributed by atoms with Gasteiger partial charge in [-0.15, -0.1) is 0 Å². The van der Waals surface area contributed by atoms with Gasteiger partial charge in [0.05, 0.1) is 24.0 Å². The average Bonchev–Trinajstić information content (AvgIpc) is 3.11. The molecule has 8 heteroatoms. The van der Waals surface area contributed by atoms with Crippen molar-refractivity contribution < 1.29 is 18.7 Å². The highest BCUT2D eigenvalue weighted by Gasteiger charge is 2.29. The van der Waals surface area contributed by atoms with Crippen molar-refractivity contribution in [2.45, 2.75) is 32.6 Å². The lowest BCUT2D eigenvalue weighted by Gasteiger charge is -2.23. The number of nitrogens with one attached hydrogen (secondary N) is 2. The van der Waals surface area contributed by atoms with Crippen LogP contribution in [0.5, 0.6) is 0 Å². The van der Waals surface area contributed by atoms with E-state index in [1.807, 2.05) is 30.3 Å². The number of hydrogen-bond donors (Lipinski definition) is 2. The molecule has 3 aromatic rings. The third-order valence-corrected chi connectivity index (χ3v) is 5.57. The number of fused-ring (bicyclic) bond motifs is 1. The summed E-state index contributed by atoms with van der Waals surface area (Å²) in [6, 6.07) is 14.2. The third-order valence-electron chi connectivity index (χ3n) is 5.57. The molecule has 0 saturated heterocycles. The van der Waals surface area contributed by atoms with Crippen LogP contribution in [0.4, 0.5) is 4.39 Å². The van der Waals surface area contributed by atoms with Crippen LogP contribution >= 0.6 is 0 Å². The molecule has 2 amide bonds. The van der Waals surface area contributed by atoms with Gasteiger partial charge in [0.1, 0.15) is 11.5 Å². The van der Waals surface area contributed by atoms with E-state index in [1.54, 1.807) is 30.8 Å². The largest absolute Gasteiger partial charge is 0.370 e. The summed E-state index contributed by atoms with van der Waals surface area (Å²) in [5.74, 6) is -1.25. The topological polar surface area (TPSA) is 85.2 Å². The Kier molecular flexibility index (Phi) is 6.32. The predicted molar refractivity (Wildman–Crippen MR) is 117 cm³/mol. The highest BCUT2D eigenvalue weighted by molar-refractivity contribution is 5.96. The molecule has 1 aliphatic heterocycles. The van der Waals surface area contributed by atoms with E-state index in [1.165, 1.54) is 6.07 Å². The van der Waals surface area contributed by atoms with Crippen LogP contribution in [0.25, 0.3) is 0 Å². The Balaban J connectivity index is 1.42. The van der Waals surface area contributed by atoms with E-state index in [4.69, 9.17) is 4.74 Å². The first-order valence-corrected chi connectivity index (χ1v) is 10.5. The molecular weight excluding hydrogens is 411 g/mol. The Labute approximate surface area is 185 Å². The number of nitrogens with zero attached hydrogens (tertiary/aromatic N) is 2. The minimum Gasteiger partial charge on any atom is -0.370 e. The minimum atomic E-state index is -0.556. The zero-order valence-corrected chi connectivity index (χ0v) is 18.0. The van der Waals surface area contributed by atoms with Gasteiger partial charge in [0, 0.05) is 32.1 Å². The molecule has 2 heterocycles. The van der Waals surface area contributed by atoms with E-state index in [-0.39, 0.29) is 30.7 Å². The van der Waals surface area contributed by atoms with E-state index >= 15 is 0 Å². The SMILES string of the molecule is Cc1cccc(F)c1C(=O)NCC1Cc2c(nn(C)c2C(=O)NCc2ccccc2)CO1. The molecule has 1 unspecified atom stereocenters. The number of halogens is 1. The van der Waals surface area contributed by atoms with Gasteiger partial charge in [0.2, 0.25) is 0 Å². The van der Waals surface area contributed by atoms with Gasteiger partial charge in [-0.05, 0) is 24.1 Å². The number of rotatable bonds is 6. The second kappa shape index (κ2) is 9.32. The van der Waals surface area contributed by atoms with Gasteiger partial charge >= 0.3 is 0 Å². The third kappa shape index (κ3) is 4.55. The lowest BCUT2D eigenvalue weighted by Crippen LogP contribution is -2.38. The molecule has 0 saturated carbocycles. The first-order valence-electron chi connectivity index (χ1n) is 10.5. The van der Waals surface area contributed by atoms with E-state index in [0.717, 1.165) is 11.1 Å². The van der Waals surface area contributed by atoms with Crippen LogP contribution in [0.2, 0.25) is 0 Å². The number of benzene rings is 2. The number of hydrogen-bond acceptors (Lipinski definition) is 4. The molecule has 0 spiro atoms. The molecule has 4 rings (SSSR count). The summed E-state index contributed by atoms with van der Waals surface area (Å²) < 4.78 is 21.4. The Morgan fingerprint density at radius 1 is 1.12 bits per heavy atom. The van der Waals surface area contributed by atoms with Crippen LogP contribution in [-0.2, 0) is 31.4 Å². The van der Waals surface area contributed by atoms with Crippen LogP contribution in [0.1, 0.15) is 43.2 Å². The lowest BCUT2D eigenvalue weighted by atomic mass is 10.0. The van der Waals surface area contributed by atoms with Gasteiger partial charge in [0.15, 0.2) is 0 Å². The smallest absolute Gasteiger partial charge is 0.270 e. The van der Waals surface area contributed by atoms with Crippen LogP contribution in [0.15, 0.2) is 48.5 Å². The normalized spacial score (nSPS) is 15.2. The number of aryl methyl sites for hydroxylation is 2. The maximum Gasteiger partial charge on any atom is 0.270 e. The first kappa shape index (κ1) is 21.7. The van der Waals surface area contributed by atoms with Crippen molar-refractivity contribution in [3.05, 3.63) is 88.0 Å². The number of amides is 2. The quantitative estimate of drug-likeness (QED) is 0.622. The van der Waals surface area contributed by atoms with Gasteiger partial charge in [-0.25, -0.2) is 4.39 Å². The second-order valence-electron chi connectivity index (χ2n) is 7.84. The molecule has 0 fully saturated rings. The number of ether oxygens (including phenoxy) is 1. The van der Waals surface area contributed by atoms with Crippen LogP contribution in [-0.4, -0.2) is 34.2 Å². The van der Waals surface area contributed by atoms with Crippen molar-refractivity contribution in [2.24, 2.45) is 7.05 Å². The van der Waals surface area contributed by atoms with E-state index in [9.17, 15) is 14.0 Å². The summed E-state index contributed by atoms with van der Waals surface area (Å²) in [5, 5.41) is 10.1. The lowest BCUT2D eigenvalue weighted by molar-refractivity contribution is 0.0265. The molecule has 1 atom stereocenters. The van der Waals surface area contributed by atoms with Crippen LogP contribution in [0, 0.1) is 12.7 Å². The predicted octanol–water partition coefficient (Wildman–Crippen LogP) is 2.67. The van der Waals surface area contributed by atoms with E-state index in [0.29, 0.717) is 29.9 Å². The van der Waals surface area contributed by atoms with Gasteiger partial charge in [0.25, 0.3) is 11.8 Å². The van der Waals surface area contributed by atoms with Crippen molar-refractivity contribution in [3.63, 3.8) is 0 Å². The molecule has 7 nitrogen and oxygen atoms in total. The maximum atomic E-state index is 14.1. The number of carbonyl (C=O) groups excluding carboxylic acids is 2. The first-order chi connectivity index (χ1) is 15.4. The van der Waals surface area contributed by atoms with Crippen molar-refractivity contribution in [1.29, 1.82) is 0 Å². The summed E-state index contributed by atoms with van der Waals surface area (Å²) in [7, 11) is 1.73. The maximum absolute atomic E-state index is 14.1. The highest BCUT2D eigenvalue weighted by atomic mass is 19.1. The Morgan fingerprint density at radius 3 is 2.66 bits per heavy atom. The summed E-state index contributed by atoms with van der Waals surface area (Å²) in [6.07, 6.45) is 0.0803. The monoisotopic (exact) mass is 436 g/mol. The summed E-state index contributed by atoms with van der Waals surface area (Å²) in [6.45, 7) is 2.55. The van der Waals surface area contributed by atoms with Crippen LogP contribution in [0.3, 0.4) is 0 Å². The Bertz CT molecular complexity index is 1120. The molecule has 0 bridgehead atoms. The zero-order chi connectivity index (χ0) is 22.7. The molecule has 0 aliphatic carbocycles. The fourth-order valence-corrected chi connectivity index (χ4v) is 3.93. The molecule has 2 N–H and O–H groups in total. The summed E-state index contributed by atoms with van der Waals surface area (Å²) >= 11 is 0. The molecule has 1 aliphatic rings. The average molecular weight is 436 g/mol. The molecule has 2 aromatic carbocycles. The zero-order valence-electron chi connectivity index (χ0n) is 18.0. The van der Waals surface area contributed by atoms with Crippen LogP contribution < -0.4 is 10.6 Å². The van der Waals surface area contributed by atoms with Gasteiger partial charge < -0.3 is 15.4 Å². The summed E-state index contributed by atoms with van der Waals surface area (Å²) in [4.78, 5) is 25.4. The van der Waals surface area contributed by atoms with Gasteiger partial charge in [-0.3, -0.25) is 14.3 Å². The van der Waals surface area contributed by atoms with Crippen molar-refractivity contribution in [3.8, 4) is 0 Å². The van der Waals surface area contributed by atoms with Gasteiger partial charge in [-0.1, -0.05) is 42.5 Å². The van der Waals surface area contributed by atoms with Crippen molar-refractivity contribution in [2.75, 3.05) is 6.54 Å². The fourth-order valence-electron chi connectivity index (χ4n) is 3.93. The fraction of sp³-hybridized carbons (Fsp3) is 0.292. The van der Waals surface area contributed by atoms with E-state index in [2.05, 4.69) is 15.7 Å². The molecule has 0 radical (unpaired) electrons. The molecule has 1 aromatic heterocycles. The van der Waals surface area contributed by atoms with Gasteiger partial charge in [-0.2, -0.15) is 5.10 Å². The van der Waals surface area contributed by atoms with Crippen molar-refractivity contribution in [1.82, 2.24) is 20.4 Å². The van der Waals surface area contributed by atoms with Crippen molar-refractivity contribution >= 4 is 11.8 Å². The standard InChI is InChI=1S/C24H25FN4O3/c1-15-7-6-10-19(25)21(15)23(30)27-13-17-11-18-20(14-32-17)28-29(2)22(18)24(31)26-12-16-8-4-3-5-9-16/h3-10,17H,11-14H2,1-2H3,(H,26,31)(H,27,30). The van der Waals surface area contributed by atoms with E-state index < -0.39 is 11.7 Å². The Morgan fingerprint density at radius 2 is 1.91 bits per heavy atom. The highest BCUT2D eigenvalue weighted by Crippen LogP contribution is 2.23. The minimum absolute atomic E-state index is 0.0337. The second-order valence-corrected chi connectivity index (χ2v) is 7.84. The Hall–Kier alpha value is -3.52. The molecule has 32 heavy (non-hydrogen) atoms. The number of aromatic nitrogens is 2. The molecular formula is C24H25FN4O3. The number of carbonyl (C=O) groups is 2. The summed E-state index contributed by atoms with van der Waals surface area (Å²) in [5.41, 5.74) is 3.62.